The van der Waals surface area contributed by atoms with E-state index in [4.69, 9.17) is 16.3 Å². The van der Waals surface area contributed by atoms with Crippen LogP contribution in [0.1, 0.15) is 17.7 Å². The molecule has 1 saturated heterocycles. The van der Waals surface area contributed by atoms with Crippen LogP contribution in [-0.4, -0.2) is 84.1 Å². The van der Waals surface area contributed by atoms with Crippen LogP contribution < -0.4 is 19.7 Å². The highest BCUT2D eigenvalue weighted by atomic mass is 35.5. The Morgan fingerprint density at radius 1 is 1.09 bits per heavy atom. The molecular formula is C30H33ClN8O5S. The van der Waals surface area contributed by atoms with Crippen LogP contribution in [0, 0.1) is 6.92 Å². The molecule has 13 nitrogen and oxygen atoms in total. The second-order valence-corrected chi connectivity index (χ2v) is 12.5. The van der Waals surface area contributed by atoms with Gasteiger partial charge in [-0.3, -0.25) is 9.36 Å². The number of aromatic nitrogens is 4. The van der Waals surface area contributed by atoms with E-state index in [1.54, 1.807) is 60.7 Å². The summed E-state index contributed by atoms with van der Waals surface area (Å²) >= 11 is 6.23. The molecule has 0 aliphatic carbocycles. The molecule has 0 radical (unpaired) electrons. The molecule has 2 aromatic heterocycles. The van der Waals surface area contributed by atoms with Crippen molar-refractivity contribution >= 4 is 39.4 Å². The Hall–Kier alpha value is -4.69. The second kappa shape index (κ2) is 13.9. The lowest BCUT2D eigenvalue weighted by Crippen LogP contribution is -2.59. The topological polar surface area (TPSA) is 152 Å². The van der Waals surface area contributed by atoms with E-state index in [-0.39, 0.29) is 30.3 Å². The molecule has 45 heavy (non-hydrogen) atoms. The van der Waals surface area contributed by atoms with E-state index in [0.717, 1.165) is 11.3 Å². The van der Waals surface area contributed by atoms with Gasteiger partial charge >= 0.3 is 6.03 Å². The van der Waals surface area contributed by atoms with Gasteiger partial charge in [-0.2, -0.15) is 4.98 Å². The lowest BCUT2D eigenvalue weighted by Gasteiger charge is -2.41. The van der Waals surface area contributed by atoms with E-state index in [9.17, 15) is 18.0 Å². The molecule has 0 saturated carbocycles. The van der Waals surface area contributed by atoms with Crippen molar-refractivity contribution in [3.63, 3.8) is 0 Å². The third-order valence-electron chi connectivity index (χ3n) is 7.28. The molecule has 5 rings (SSSR count). The van der Waals surface area contributed by atoms with Crippen molar-refractivity contribution in [2.24, 2.45) is 0 Å². The standard InChI is InChI=1S/C30H33ClN8O5S/c1-21-16-27(35-29(34-21)38-13-12-32-20-38)37-14-15-39(30(41)36-45(42,43)24-6-4-3-5-7-24)23(19-37)18-28(40)33-11-10-22-8-9-26(44-2)25(31)17-22/h3-9,12-13,16-17,20,23H,10-11,14-15,18-19H2,1-2H3,(H,33,40)(H,36,41). The maximum atomic E-state index is 13.4. The summed E-state index contributed by atoms with van der Waals surface area (Å²) in [5.74, 6) is 1.33. The molecule has 1 atom stereocenters. The average Bonchev–Trinajstić information content (AvgIpc) is 3.56. The molecule has 1 unspecified atom stereocenters. The monoisotopic (exact) mass is 652 g/mol. The first-order valence-corrected chi connectivity index (χ1v) is 16.1. The van der Waals surface area contributed by atoms with Crippen molar-refractivity contribution in [3.05, 3.63) is 89.6 Å². The Morgan fingerprint density at radius 2 is 1.89 bits per heavy atom. The predicted octanol–water partition coefficient (Wildman–Crippen LogP) is 2.97. The number of rotatable bonds is 10. The van der Waals surface area contributed by atoms with Crippen molar-refractivity contribution in [3.8, 4) is 11.7 Å². The third kappa shape index (κ3) is 7.88. The van der Waals surface area contributed by atoms with Crippen LogP contribution >= 0.6 is 11.6 Å². The van der Waals surface area contributed by atoms with Crippen molar-refractivity contribution in [1.29, 1.82) is 0 Å². The van der Waals surface area contributed by atoms with E-state index in [0.29, 0.717) is 42.0 Å². The number of carbonyl (C=O) groups excluding carboxylic acids is 2. The van der Waals surface area contributed by atoms with Gasteiger partial charge in [0.25, 0.3) is 10.0 Å². The molecule has 4 aromatic rings. The Bertz CT molecular complexity index is 1760. The van der Waals surface area contributed by atoms with E-state index in [1.807, 2.05) is 24.0 Å². The summed E-state index contributed by atoms with van der Waals surface area (Å²) in [7, 11) is -2.58. The molecule has 1 aliphatic rings. The van der Waals surface area contributed by atoms with Gasteiger partial charge in [0.2, 0.25) is 11.9 Å². The number of piperazine rings is 1. The van der Waals surface area contributed by atoms with E-state index < -0.39 is 22.1 Å². The SMILES string of the molecule is COc1ccc(CCNC(=O)CC2CN(c3cc(C)nc(-n4ccnc4)n3)CCN2C(=O)NS(=O)(=O)c2ccccc2)cc1Cl. The number of methoxy groups -OCH3 is 1. The molecule has 15 heteroatoms. The smallest absolute Gasteiger partial charge is 0.331 e. The number of carbonyl (C=O) groups is 2. The Balaban J connectivity index is 1.31. The first-order chi connectivity index (χ1) is 21.6. The molecule has 3 heterocycles. The molecular weight excluding hydrogens is 620 g/mol. The number of sulfonamides is 1. The minimum atomic E-state index is -4.12. The number of anilines is 1. The van der Waals surface area contributed by atoms with E-state index >= 15 is 0 Å². The highest BCUT2D eigenvalue weighted by molar-refractivity contribution is 7.90. The number of imidazole rings is 1. The van der Waals surface area contributed by atoms with E-state index in [1.165, 1.54) is 17.0 Å². The summed E-state index contributed by atoms with van der Waals surface area (Å²) in [6.07, 6.45) is 5.44. The number of benzene rings is 2. The molecule has 3 amide bonds. The van der Waals surface area contributed by atoms with Crippen molar-refractivity contribution in [1.82, 2.24) is 34.5 Å². The summed E-state index contributed by atoms with van der Waals surface area (Å²) in [5.41, 5.74) is 1.65. The van der Waals surface area contributed by atoms with Crippen molar-refractivity contribution < 1.29 is 22.7 Å². The van der Waals surface area contributed by atoms with E-state index in [2.05, 4.69) is 25.0 Å². The number of amides is 3. The number of hydrogen-bond acceptors (Lipinski definition) is 9. The van der Waals surface area contributed by atoms with Gasteiger partial charge in [0, 0.05) is 56.8 Å². The lowest BCUT2D eigenvalue weighted by molar-refractivity contribution is -0.122. The van der Waals surface area contributed by atoms with Gasteiger partial charge in [-0.15, -0.1) is 0 Å². The fourth-order valence-corrected chi connectivity index (χ4v) is 6.29. The van der Waals surface area contributed by atoms with Crippen LogP contribution in [0.3, 0.4) is 0 Å². The van der Waals surface area contributed by atoms with Gasteiger partial charge in [0.1, 0.15) is 17.9 Å². The molecule has 236 valence electrons. The zero-order chi connectivity index (χ0) is 32.0. The Kier molecular flexibility index (Phi) is 9.83. The van der Waals surface area contributed by atoms with Gasteiger partial charge in [-0.1, -0.05) is 35.9 Å². The van der Waals surface area contributed by atoms with Gasteiger partial charge < -0.3 is 19.9 Å². The molecule has 1 aliphatic heterocycles. The minimum absolute atomic E-state index is 0.0339. The average molecular weight is 653 g/mol. The van der Waals surface area contributed by atoms with Gasteiger partial charge in [-0.25, -0.2) is 27.9 Å². The predicted molar refractivity (Wildman–Crippen MR) is 168 cm³/mol. The summed E-state index contributed by atoms with van der Waals surface area (Å²) in [4.78, 5) is 43.1. The summed E-state index contributed by atoms with van der Waals surface area (Å²) in [5, 5.41) is 3.39. The van der Waals surface area contributed by atoms with Crippen LogP contribution in [-0.2, 0) is 21.2 Å². The largest absolute Gasteiger partial charge is 0.495 e. The number of halogens is 1. The van der Waals surface area contributed by atoms with Gasteiger partial charge in [-0.05, 0) is 43.2 Å². The number of nitrogens with one attached hydrogen (secondary N) is 2. The van der Waals surface area contributed by atoms with Gasteiger partial charge in [0.05, 0.1) is 23.1 Å². The number of nitrogens with zero attached hydrogens (tertiary/aromatic N) is 6. The van der Waals surface area contributed by atoms with Crippen molar-refractivity contribution in [2.75, 3.05) is 38.2 Å². The molecule has 0 spiro atoms. The zero-order valence-corrected chi connectivity index (χ0v) is 26.3. The van der Waals surface area contributed by atoms with Crippen LogP contribution in [0.25, 0.3) is 5.95 Å². The number of hydrogen-bond donors (Lipinski definition) is 2. The number of ether oxygens (including phenoxy) is 1. The Morgan fingerprint density at radius 3 is 2.60 bits per heavy atom. The first-order valence-electron chi connectivity index (χ1n) is 14.2. The minimum Gasteiger partial charge on any atom is -0.495 e. The molecule has 1 fully saturated rings. The highest BCUT2D eigenvalue weighted by Crippen LogP contribution is 2.25. The fraction of sp³-hybridized carbons (Fsp3) is 0.300. The van der Waals surface area contributed by atoms with Crippen LogP contribution in [0.15, 0.2) is 78.2 Å². The lowest BCUT2D eigenvalue weighted by atomic mass is 10.1. The Labute approximate surface area is 266 Å². The third-order valence-corrected chi connectivity index (χ3v) is 8.91. The van der Waals surface area contributed by atoms with Gasteiger partial charge in [0.15, 0.2) is 0 Å². The van der Waals surface area contributed by atoms with Crippen molar-refractivity contribution in [2.45, 2.75) is 30.7 Å². The molecule has 2 N–H and O–H groups in total. The normalized spacial score (nSPS) is 15.0. The zero-order valence-electron chi connectivity index (χ0n) is 24.8. The number of aryl methyl sites for hydroxylation is 1. The second-order valence-electron chi connectivity index (χ2n) is 10.4. The maximum Gasteiger partial charge on any atom is 0.331 e. The quantitative estimate of drug-likeness (QED) is 0.263. The van der Waals surface area contributed by atoms with Crippen LogP contribution in [0.4, 0.5) is 10.6 Å². The summed E-state index contributed by atoms with van der Waals surface area (Å²) in [6.45, 7) is 2.94. The highest BCUT2D eigenvalue weighted by Gasteiger charge is 2.34. The van der Waals surface area contributed by atoms with Crippen LogP contribution in [0.2, 0.25) is 5.02 Å². The first kappa shape index (κ1) is 31.7. The summed E-state index contributed by atoms with van der Waals surface area (Å²) in [6, 6.07) is 13.4. The van der Waals surface area contributed by atoms with Crippen LogP contribution in [0.5, 0.6) is 5.75 Å². The number of urea groups is 1. The molecule has 2 aromatic carbocycles. The molecule has 0 bridgehead atoms. The fourth-order valence-electron chi connectivity index (χ4n) is 5.03. The maximum absolute atomic E-state index is 13.4. The summed E-state index contributed by atoms with van der Waals surface area (Å²) < 4.78 is 34.9.